The first kappa shape index (κ1) is 28.4. The summed E-state index contributed by atoms with van der Waals surface area (Å²) in [6.45, 7) is 4.92. The summed E-state index contributed by atoms with van der Waals surface area (Å²) >= 11 is 8.31. The summed E-state index contributed by atoms with van der Waals surface area (Å²) < 4.78 is 7.09. The first-order chi connectivity index (χ1) is 19.3. The predicted octanol–water partition coefficient (Wildman–Crippen LogP) is 7.42. The number of fused-ring (bicyclic) bond motifs is 1. The molecule has 2 N–H and O–H groups in total. The fraction of sp³-hybridized carbons (Fsp3) is 0.375. The standard InChI is InChI=1S/C32H37ClN4O2S/c1-5-39-27-16-10-21(25-15-17-29(34)35-20(25)2)18-22(27)19-37(24-13-11-23(12-14-24)36(3)4)32(38)31-30(33)26-8-6-7-9-28(26)40-31/h6-10,15-18,23-24H,5,11-14,19H2,1-4H3,(H2,34,35)/t23-,24-. The third-order valence-corrected chi connectivity index (χ3v) is 9.61. The van der Waals surface area contributed by atoms with Crippen LogP contribution in [0.5, 0.6) is 5.75 Å². The summed E-state index contributed by atoms with van der Waals surface area (Å²) in [4.78, 5) is 23.7. The second kappa shape index (κ2) is 12.2. The predicted molar refractivity (Wildman–Crippen MR) is 166 cm³/mol. The van der Waals surface area contributed by atoms with E-state index in [1.807, 2.05) is 67.3 Å². The van der Waals surface area contributed by atoms with Gasteiger partial charge in [-0.15, -0.1) is 11.3 Å². The Morgan fingerprint density at radius 2 is 1.80 bits per heavy atom. The number of hydrogen-bond acceptors (Lipinski definition) is 6. The number of aryl methyl sites for hydroxylation is 1. The molecule has 0 spiro atoms. The van der Waals surface area contributed by atoms with Gasteiger partial charge >= 0.3 is 0 Å². The topological polar surface area (TPSA) is 71.7 Å². The number of carbonyl (C=O) groups excluding carboxylic acids is 1. The van der Waals surface area contributed by atoms with E-state index in [-0.39, 0.29) is 11.9 Å². The first-order valence-corrected chi connectivity index (χ1v) is 15.1. The van der Waals surface area contributed by atoms with Gasteiger partial charge in [0.25, 0.3) is 5.91 Å². The minimum atomic E-state index is -0.0160. The fourth-order valence-electron chi connectivity index (χ4n) is 5.77. The number of thiophene rings is 1. The van der Waals surface area contributed by atoms with Crippen LogP contribution in [-0.2, 0) is 6.54 Å². The van der Waals surface area contributed by atoms with Crippen molar-refractivity contribution in [3.8, 4) is 16.9 Å². The van der Waals surface area contributed by atoms with Gasteiger partial charge in [-0.1, -0.05) is 35.9 Å². The van der Waals surface area contributed by atoms with E-state index in [2.05, 4.69) is 30.0 Å². The van der Waals surface area contributed by atoms with Crippen LogP contribution in [0.3, 0.4) is 0 Å². The van der Waals surface area contributed by atoms with E-state index in [1.165, 1.54) is 11.3 Å². The minimum Gasteiger partial charge on any atom is -0.494 e. The van der Waals surface area contributed by atoms with Crippen molar-refractivity contribution in [3.63, 3.8) is 0 Å². The van der Waals surface area contributed by atoms with Gasteiger partial charge in [0.2, 0.25) is 0 Å². The van der Waals surface area contributed by atoms with Gasteiger partial charge in [0.15, 0.2) is 0 Å². The smallest absolute Gasteiger partial charge is 0.266 e. The number of carbonyl (C=O) groups is 1. The van der Waals surface area contributed by atoms with Crippen molar-refractivity contribution in [1.82, 2.24) is 14.8 Å². The van der Waals surface area contributed by atoms with Crippen LogP contribution in [-0.4, -0.2) is 53.5 Å². The Morgan fingerprint density at radius 1 is 1.07 bits per heavy atom. The van der Waals surface area contributed by atoms with Crippen LogP contribution in [0.25, 0.3) is 21.2 Å². The second-order valence-electron chi connectivity index (χ2n) is 10.7. The average molecular weight is 577 g/mol. The van der Waals surface area contributed by atoms with E-state index in [9.17, 15) is 4.79 Å². The van der Waals surface area contributed by atoms with Gasteiger partial charge in [-0.2, -0.15) is 0 Å². The molecule has 0 atom stereocenters. The van der Waals surface area contributed by atoms with Gasteiger partial charge in [-0.05, 0) is 89.5 Å². The molecule has 0 saturated heterocycles. The number of nitrogens with two attached hydrogens (primary N) is 1. The molecule has 1 fully saturated rings. The Labute approximate surface area is 245 Å². The maximum atomic E-state index is 14.3. The molecule has 0 bridgehead atoms. The summed E-state index contributed by atoms with van der Waals surface area (Å²) in [5.41, 5.74) is 9.78. The van der Waals surface area contributed by atoms with E-state index >= 15 is 0 Å². The Balaban J connectivity index is 1.55. The van der Waals surface area contributed by atoms with Crippen molar-refractivity contribution < 1.29 is 9.53 Å². The lowest BCUT2D eigenvalue weighted by molar-refractivity contribution is 0.0572. The number of amides is 1. The number of pyridine rings is 1. The highest BCUT2D eigenvalue weighted by molar-refractivity contribution is 7.21. The zero-order valence-electron chi connectivity index (χ0n) is 23.6. The van der Waals surface area contributed by atoms with Crippen LogP contribution in [0.1, 0.15) is 53.5 Å². The van der Waals surface area contributed by atoms with Crippen LogP contribution in [0, 0.1) is 6.92 Å². The molecule has 2 heterocycles. The minimum absolute atomic E-state index is 0.0160. The fourth-order valence-corrected chi connectivity index (χ4v) is 7.24. The molecule has 2 aromatic heterocycles. The summed E-state index contributed by atoms with van der Waals surface area (Å²) in [5, 5.41) is 1.47. The molecule has 210 valence electrons. The number of benzene rings is 2. The van der Waals surface area contributed by atoms with Crippen molar-refractivity contribution in [2.24, 2.45) is 0 Å². The van der Waals surface area contributed by atoms with Crippen LogP contribution in [0.4, 0.5) is 5.82 Å². The van der Waals surface area contributed by atoms with E-state index < -0.39 is 0 Å². The SMILES string of the molecule is CCOc1ccc(-c2ccc(N)nc2C)cc1CN(C(=O)c1sc2ccccc2c1Cl)[C@H]1CC[C@H](N(C)C)CC1. The second-order valence-corrected chi connectivity index (χ2v) is 12.2. The van der Waals surface area contributed by atoms with Crippen LogP contribution in [0.2, 0.25) is 5.02 Å². The van der Waals surface area contributed by atoms with Gasteiger partial charge in [0.1, 0.15) is 16.4 Å². The average Bonchev–Trinajstić information content (AvgIpc) is 3.29. The summed E-state index contributed by atoms with van der Waals surface area (Å²) in [6.07, 6.45) is 4.00. The van der Waals surface area contributed by atoms with E-state index in [0.29, 0.717) is 34.9 Å². The molecular formula is C32H37ClN4O2S. The van der Waals surface area contributed by atoms with E-state index in [0.717, 1.165) is 63.9 Å². The molecule has 0 radical (unpaired) electrons. The van der Waals surface area contributed by atoms with Crippen molar-refractivity contribution in [1.29, 1.82) is 0 Å². The lowest BCUT2D eigenvalue weighted by atomic mass is 9.89. The number of anilines is 1. The van der Waals surface area contributed by atoms with E-state index in [1.54, 1.807) is 0 Å². The maximum absolute atomic E-state index is 14.3. The first-order valence-electron chi connectivity index (χ1n) is 13.9. The van der Waals surface area contributed by atoms with Gasteiger partial charge in [0.05, 0.1) is 11.6 Å². The molecule has 1 aliphatic rings. The monoisotopic (exact) mass is 576 g/mol. The molecule has 1 saturated carbocycles. The Morgan fingerprint density at radius 3 is 2.48 bits per heavy atom. The molecule has 2 aromatic carbocycles. The Kier molecular flexibility index (Phi) is 8.64. The highest BCUT2D eigenvalue weighted by Gasteiger charge is 2.33. The van der Waals surface area contributed by atoms with Crippen molar-refractivity contribution in [2.45, 2.75) is 58.2 Å². The largest absolute Gasteiger partial charge is 0.494 e. The van der Waals surface area contributed by atoms with Gasteiger partial charge in [0, 0.05) is 45.5 Å². The maximum Gasteiger partial charge on any atom is 0.266 e. The molecule has 1 amide bonds. The lowest BCUT2D eigenvalue weighted by Gasteiger charge is -2.39. The number of aromatic nitrogens is 1. The van der Waals surface area contributed by atoms with Crippen molar-refractivity contribution >= 4 is 44.7 Å². The third-order valence-electron chi connectivity index (χ3n) is 7.95. The number of hydrogen-bond donors (Lipinski definition) is 1. The summed E-state index contributed by atoms with van der Waals surface area (Å²) in [6, 6.07) is 18.6. The van der Waals surface area contributed by atoms with Crippen molar-refractivity contribution in [3.05, 3.63) is 75.8 Å². The molecule has 0 aliphatic heterocycles. The van der Waals surface area contributed by atoms with Crippen LogP contribution in [0.15, 0.2) is 54.6 Å². The van der Waals surface area contributed by atoms with E-state index in [4.69, 9.17) is 22.1 Å². The number of ether oxygens (including phenoxy) is 1. The highest BCUT2D eigenvalue weighted by atomic mass is 35.5. The number of rotatable bonds is 8. The van der Waals surface area contributed by atoms with Crippen LogP contribution < -0.4 is 10.5 Å². The highest BCUT2D eigenvalue weighted by Crippen LogP contribution is 2.39. The molecule has 5 rings (SSSR count). The zero-order valence-corrected chi connectivity index (χ0v) is 25.2. The number of halogens is 1. The third kappa shape index (κ3) is 5.82. The summed E-state index contributed by atoms with van der Waals surface area (Å²) in [5.74, 6) is 1.27. The van der Waals surface area contributed by atoms with Crippen molar-refractivity contribution in [2.75, 3.05) is 26.4 Å². The Hall–Kier alpha value is -3.13. The zero-order chi connectivity index (χ0) is 28.4. The lowest BCUT2D eigenvalue weighted by Crippen LogP contribution is -2.44. The normalized spacial score (nSPS) is 17.4. The Bertz CT molecular complexity index is 1510. The number of nitrogen functional groups attached to an aromatic ring is 1. The molecule has 1 aliphatic carbocycles. The molecule has 8 heteroatoms. The summed E-state index contributed by atoms with van der Waals surface area (Å²) in [7, 11) is 4.28. The quantitative estimate of drug-likeness (QED) is 0.236. The molecule has 4 aromatic rings. The van der Waals surface area contributed by atoms with Gasteiger partial charge in [-0.25, -0.2) is 4.98 Å². The molecule has 40 heavy (non-hydrogen) atoms. The molecular weight excluding hydrogens is 540 g/mol. The number of nitrogens with zero attached hydrogens (tertiary/aromatic N) is 3. The van der Waals surface area contributed by atoms with Crippen LogP contribution >= 0.6 is 22.9 Å². The van der Waals surface area contributed by atoms with Gasteiger partial charge in [-0.3, -0.25) is 4.79 Å². The molecule has 6 nitrogen and oxygen atoms in total. The van der Waals surface area contributed by atoms with Gasteiger partial charge < -0.3 is 20.3 Å². The molecule has 0 unspecified atom stereocenters.